The maximum absolute atomic E-state index is 13.7. The fourth-order valence-corrected chi connectivity index (χ4v) is 3.39. The first-order valence-electron chi connectivity index (χ1n) is 5.86. The summed E-state index contributed by atoms with van der Waals surface area (Å²) in [5, 5.41) is 12.4. The van der Waals surface area contributed by atoms with Gasteiger partial charge >= 0.3 is 5.97 Å². The first kappa shape index (κ1) is 10.7. The van der Waals surface area contributed by atoms with Crippen LogP contribution in [0, 0.1) is 11.7 Å². The molecule has 4 heteroatoms. The number of hydrogen-bond acceptors (Lipinski definition) is 2. The largest absolute Gasteiger partial charge is 0.481 e. The number of halogens is 1. The molecule has 1 spiro atoms. The Morgan fingerprint density at radius 3 is 3.12 bits per heavy atom. The molecule has 1 aromatic rings. The van der Waals surface area contributed by atoms with Crippen LogP contribution in [-0.2, 0) is 16.6 Å². The lowest BCUT2D eigenvalue weighted by atomic mass is 9.73. The number of rotatable bonds is 1. The Bertz CT molecular complexity index is 488. The third-order valence-electron chi connectivity index (χ3n) is 4.23. The van der Waals surface area contributed by atoms with Gasteiger partial charge in [0.05, 0.1) is 5.92 Å². The van der Waals surface area contributed by atoms with Crippen molar-refractivity contribution in [3.05, 3.63) is 35.1 Å². The van der Waals surface area contributed by atoms with Crippen molar-refractivity contribution in [3.63, 3.8) is 0 Å². The quantitative estimate of drug-likeness (QED) is 0.771. The lowest BCUT2D eigenvalue weighted by Crippen LogP contribution is -2.37. The van der Waals surface area contributed by atoms with Gasteiger partial charge < -0.3 is 10.4 Å². The second-order valence-corrected chi connectivity index (χ2v) is 4.94. The number of nitrogens with one attached hydrogen (secondary N) is 1. The maximum atomic E-state index is 13.7. The van der Waals surface area contributed by atoms with Gasteiger partial charge in [-0.3, -0.25) is 4.79 Å². The van der Waals surface area contributed by atoms with Crippen molar-refractivity contribution in [1.29, 1.82) is 0 Å². The highest BCUT2D eigenvalue weighted by Crippen LogP contribution is 2.47. The van der Waals surface area contributed by atoms with E-state index >= 15 is 0 Å². The molecule has 3 rings (SSSR count). The Labute approximate surface area is 98.6 Å². The summed E-state index contributed by atoms with van der Waals surface area (Å²) in [5.74, 6) is -1.42. The summed E-state index contributed by atoms with van der Waals surface area (Å²) in [4.78, 5) is 11.3. The van der Waals surface area contributed by atoms with E-state index in [-0.39, 0.29) is 5.82 Å². The number of fused-ring (bicyclic) bond motifs is 2. The second kappa shape index (κ2) is 3.53. The summed E-state index contributed by atoms with van der Waals surface area (Å²) in [6, 6.07) is 5.02. The highest BCUT2D eigenvalue weighted by Gasteiger charge is 2.51. The van der Waals surface area contributed by atoms with Crippen LogP contribution < -0.4 is 5.32 Å². The van der Waals surface area contributed by atoms with Gasteiger partial charge in [-0.2, -0.15) is 0 Å². The third kappa shape index (κ3) is 1.33. The third-order valence-corrected chi connectivity index (χ3v) is 4.23. The van der Waals surface area contributed by atoms with E-state index in [9.17, 15) is 14.3 Å². The summed E-state index contributed by atoms with van der Waals surface area (Å²) in [5.41, 5.74) is 1.21. The monoisotopic (exact) mass is 235 g/mol. The van der Waals surface area contributed by atoms with Crippen LogP contribution in [0.15, 0.2) is 18.2 Å². The molecule has 1 heterocycles. The van der Waals surface area contributed by atoms with E-state index in [0.29, 0.717) is 25.1 Å². The Morgan fingerprint density at radius 1 is 1.53 bits per heavy atom. The molecule has 2 unspecified atom stereocenters. The van der Waals surface area contributed by atoms with Crippen LogP contribution in [0.4, 0.5) is 4.39 Å². The van der Waals surface area contributed by atoms with Crippen LogP contribution in [0.25, 0.3) is 0 Å². The molecule has 0 radical (unpaired) electrons. The zero-order chi connectivity index (χ0) is 12.0. The van der Waals surface area contributed by atoms with Crippen molar-refractivity contribution < 1.29 is 14.3 Å². The molecule has 2 N–H and O–H groups in total. The number of aliphatic carboxylic acids is 1. The Kier molecular flexibility index (Phi) is 2.23. The minimum absolute atomic E-state index is 0.199. The van der Waals surface area contributed by atoms with Gasteiger partial charge in [-0.15, -0.1) is 0 Å². The van der Waals surface area contributed by atoms with Crippen LogP contribution in [0.2, 0.25) is 0 Å². The van der Waals surface area contributed by atoms with E-state index in [1.807, 2.05) is 6.07 Å². The van der Waals surface area contributed by atoms with Crippen molar-refractivity contribution in [2.45, 2.75) is 18.3 Å². The number of carboxylic acids is 1. The van der Waals surface area contributed by atoms with Crippen molar-refractivity contribution in [1.82, 2.24) is 5.32 Å². The van der Waals surface area contributed by atoms with Gasteiger partial charge in [0.1, 0.15) is 5.82 Å². The molecule has 1 saturated heterocycles. The average molecular weight is 235 g/mol. The average Bonchev–Trinajstić information content (AvgIpc) is 2.87. The molecule has 2 atom stereocenters. The van der Waals surface area contributed by atoms with Gasteiger partial charge in [-0.05, 0) is 30.0 Å². The molecule has 0 saturated carbocycles. The molecule has 1 aliphatic heterocycles. The van der Waals surface area contributed by atoms with Crippen molar-refractivity contribution in [3.8, 4) is 0 Å². The summed E-state index contributed by atoms with van der Waals surface area (Å²) in [7, 11) is 0. The lowest BCUT2D eigenvalue weighted by Gasteiger charge is -2.28. The first-order chi connectivity index (χ1) is 8.15. The smallest absolute Gasteiger partial charge is 0.308 e. The Balaban J connectivity index is 2.13. The number of carbonyl (C=O) groups is 1. The molecule has 0 amide bonds. The minimum Gasteiger partial charge on any atom is -0.481 e. The van der Waals surface area contributed by atoms with Crippen LogP contribution in [0.1, 0.15) is 17.5 Å². The highest BCUT2D eigenvalue weighted by molar-refractivity contribution is 5.74. The predicted molar refractivity (Wildman–Crippen MR) is 60.4 cm³/mol. The zero-order valence-electron chi connectivity index (χ0n) is 9.37. The number of hydrogen-bond donors (Lipinski definition) is 2. The zero-order valence-corrected chi connectivity index (χ0v) is 9.37. The molecule has 3 nitrogen and oxygen atoms in total. The van der Waals surface area contributed by atoms with Crippen molar-refractivity contribution >= 4 is 5.97 Å². The van der Waals surface area contributed by atoms with Crippen LogP contribution in [0.3, 0.4) is 0 Å². The van der Waals surface area contributed by atoms with Gasteiger partial charge in [-0.1, -0.05) is 12.1 Å². The van der Waals surface area contributed by atoms with E-state index in [4.69, 9.17) is 0 Å². The molecule has 1 aromatic carbocycles. The Morgan fingerprint density at radius 2 is 2.35 bits per heavy atom. The molecular formula is C13H14FNO2. The SMILES string of the molecule is O=C(O)C1CNCC12CCc1c(F)cccc12. The molecule has 1 aliphatic carbocycles. The summed E-state index contributed by atoms with van der Waals surface area (Å²) >= 11 is 0. The van der Waals surface area contributed by atoms with Crippen molar-refractivity contribution in [2.75, 3.05) is 13.1 Å². The van der Waals surface area contributed by atoms with Gasteiger partial charge in [0.15, 0.2) is 0 Å². The van der Waals surface area contributed by atoms with Gasteiger partial charge in [-0.25, -0.2) is 4.39 Å². The lowest BCUT2D eigenvalue weighted by molar-refractivity contribution is -0.143. The van der Waals surface area contributed by atoms with Gasteiger partial charge in [0, 0.05) is 18.5 Å². The summed E-state index contributed by atoms with van der Waals surface area (Å²) in [6.45, 7) is 1.12. The van der Waals surface area contributed by atoms with Crippen LogP contribution in [0.5, 0.6) is 0 Å². The predicted octanol–water partition coefficient (Wildman–Crippen LogP) is 1.31. The fraction of sp³-hybridized carbons (Fsp3) is 0.462. The van der Waals surface area contributed by atoms with Gasteiger partial charge in [0.2, 0.25) is 0 Å². The number of benzene rings is 1. The Hall–Kier alpha value is -1.42. The van der Waals surface area contributed by atoms with Crippen LogP contribution in [-0.4, -0.2) is 24.2 Å². The fourth-order valence-electron chi connectivity index (χ4n) is 3.39. The number of carboxylic acid groups (broad SMARTS) is 1. The van der Waals surface area contributed by atoms with Crippen molar-refractivity contribution in [2.24, 2.45) is 5.92 Å². The second-order valence-electron chi connectivity index (χ2n) is 4.94. The van der Waals surface area contributed by atoms with E-state index in [1.54, 1.807) is 6.07 Å². The van der Waals surface area contributed by atoms with Crippen LogP contribution >= 0.6 is 0 Å². The topological polar surface area (TPSA) is 49.3 Å². The molecule has 2 aliphatic rings. The molecule has 0 aromatic heterocycles. The van der Waals surface area contributed by atoms with Gasteiger partial charge in [0.25, 0.3) is 0 Å². The standard InChI is InChI=1S/C13H14FNO2/c14-11-3-1-2-9-8(11)4-5-13(9)7-15-6-10(13)12(16)17/h1-3,10,15H,4-7H2,(H,16,17). The molecule has 1 fully saturated rings. The summed E-state index contributed by atoms with van der Waals surface area (Å²) in [6.07, 6.45) is 1.38. The van der Waals surface area contributed by atoms with E-state index in [2.05, 4.69) is 5.32 Å². The first-order valence-corrected chi connectivity index (χ1v) is 5.86. The van der Waals surface area contributed by atoms with E-state index in [1.165, 1.54) is 6.07 Å². The molecule has 0 bridgehead atoms. The highest BCUT2D eigenvalue weighted by atomic mass is 19.1. The molecule has 90 valence electrons. The normalized spacial score (nSPS) is 30.8. The molecule has 17 heavy (non-hydrogen) atoms. The maximum Gasteiger partial charge on any atom is 0.308 e. The summed E-state index contributed by atoms with van der Waals surface area (Å²) < 4.78 is 13.7. The molecular weight excluding hydrogens is 221 g/mol. The van der Waals surface area contributed by atoms with E-state index < -0.39 is 17.3 Å². The minimum atomic E-state index is -0.785. The van der Waals surface area contributed by atoms with E-state index in [0.717, 1.165) is 12.0 Å².